The molecule has 0 fully saturated rings. The minimum absolute atomic E-state index is 0.151. The highest BCUT2D eigenvalue weighted by molar-refractivity contribution is 7.79. The molecule has 1 aromatic rings. The molecule has 1 rings (SSSR count). The van der Waals surface area contributed by atoms with Crippen molar-refractivity contribution in [2.75, 3.05) is 5.73 Å². The summed E-state index contributed by atoms with van der Waals surface area (Å²) in [5, 5.41) is 0. The van der Waals surface area contributed by atoms with E-state index >= 15 is 0 Å². The summed E-state index contributed by atoms with van der Waals surface area (Å²) < 4.78 is 1.42. The van der Waals surface area contributed by atoms with Crippen molar-refractivity contribution in [2.45, 2.75) is 5.75 Å². The molecule has 1 heterocycles. The highest BCUT2D eigenvalue weighted by Gasteiger charge is 1.99. The summed E-state index contributed by atoms with van der Waals surface area (Å²) in [6.45, 7) is 0. The molecule has 1 aromatic heterocycles. The van der Waals surface area contributed by atoms with Crippen molar-refractivity contribution >= 4 is 18.4 Å². The molecule has 0 unspecified atom stereocenters. The summed E-state index contributed by atoms with van der Waals surface area (Å²) in [4.78, 5) is 14.9. The van der Waals surface area contributed by atoms with Crippen LogP contribution in [0.3, 0.4) is 0 Å². The van der Waals surface area contributed by atoms with E-state index in [1.54, 1.807) is 7.05 Å². The highest BCUT2D eigenvalue weighted by atomic mass is 32.1. The van der Waals surface area contributed by atoms with Gasteiger partial charge >= 0.3 is 0 Å². The van der Waals surface area contributed by atoms with E-state index in [2.05, 4.69) is 17.6 Å². The van der Waals surface area contributed by atoms with Gasteiger partial charge in [0.15, 0.2) is 0 Å². The Hall–Kier alpha value is -0.970. The third kappa shape index (κ3) is 1.54. The van der Waals surface area contributed by atoms with Gasteiger partial charge in [0.1, 0.15) is 11.6 Å². The zero-order chi connectivity index (χ0) is 8.43. The van der Waals surface area contributed by atoms with E-state index in [4.69, 9.17) is 5.73 Å². The molecule has 4 nitrogen and oxygen atoms in total. The summed E-state index contributed by atoms with van der Waals surface area (Å²) in [6.07, 6.45) is 0. The Bertz CT molecular complexity index is 320. The van der Waals surface area contributed by atoms with E-state index in [0.717, 1.165) is 0 Å². The summed E-state index contributed by atoms with van der Waals surface area (Å²) in [6, 6.07) is 1.28. The van der Waals surface area contributed by atoms with Crippen LogP contribution >= 0.6 is 12.6 Å². The van der Waals surface area contributed by atoms with Gasteiger partial charge in [-0.05, 0) is 0 Å². The lowest BCUT2D eigenvalue weighted by Crippen LogP contribution is -2.21. The molecule has 0 aliphatic carbocycles. The lowest BCUT2D eigenvalue weighted by Gasteiger charge is -2.03. The number of hydrogen-bond acceptors (Lipinski definition) is 4. The summed E-state index contributed by atoms with van der Waals surface area (Å²) >= 11 is 4.00. The van der Waals surface area contributed by atoms with Crippen molar-refractivity contribution in [3.8, 4) is 0 Å². The first-order valence-electron chi connectivity index (χ1n) is 3.08. The molecular weight excluding hydrogens is 162 g/mol. The fourth-order valence-corrected chi connectivity index (χ4v) is 1.03. The molecule has 0 aromatic carbocycles. The van der Waals surface area contributed by atoms with E-state index in [1.807, 2.05) is 0 Å². The maximum Gasteiger partial charge on any atom is 0.255 e. The number of nitrogen functional groups attached to an aromatic ring is 1. The molecule has 0 saturated carbocycles. The van der Waals surface area contributed by atoms with Gasteiger partial charge in [-0.25, -0.2) is 4.98 Å². The molecule has 0 bridgehead atoms. The molecular formula is C6H9N3OS. The minimum Gasteiger partial charge on any atom is -0.383 e. The van der Waals surface area contributed by atoms with Crippen molar-refractivity contribution in [3.63, 3.8) is 0 Å². The van der Waals surface area contributed by atoms with Gasteiger partial charge in [0.05, 0.1) is 0 Å². The second kappa shape index (κ2) is 2.96. The largest absolute Gasteiger partial charge is 0.383 e. The van der Waals surface area contributed by atoms with Crippen LogP contribution in [-0.4, -0.2) is 9.55 Å². The number of thiol groups is 1. The second-order valence-electron chi connectivity index (χ2n) is 2.15. The van der Waals surface area contributed by atoms with Gasteiger partial charge in [-0.3, -0.25) is 9.36 Å². The van der Waals surface area contributed by atoms with Crippen LogP contribution in [0.15, 0.2) is 10.9 Å². The van der Waals surface area contributed by atoms with E-state index in [1.165, 1.54) is 10.6 Å². The van der Waals surface area contributed by atoms with Gasteiger partial charge < -0.3 is 5.73 Å². The number of anilines is 1. The van der Waals surface area contributed by atoms with E-state index in [9.17, 15) is 4.79 Å². The average Bonchev–Trinajstić information content (AvgIpc) is 1.96. The van der Waals surface area contributed by atoms with Crippen LogP contribution in [0.2, 0.25) is 0 Å². The normalized spacial score (nSPS) is 10.0. The third-order valence-corrected chi connectivity index (χ3v) is 1.67. The third-order valence-electron chi connectivity index (χ3n) is 1.39. The molecule has 0 atom stereocenters. The Labute approximate surface area is 69.5 Å². The topological polar surface area (TPSA) is 60.9 Å². The Morgan fingerprint density at radius 2 is 2.45 bits per heavy atom. The fraction of sp³-hybridized carbons (Fsp3) is 0.333. The minimum atomic E-state index is -0.151. The van der Waals surface area contributed by atoms with Gasteiger partial charge in [0.2, 0.25) is 0 Å². The smallest absolute Gasteiger partial charge is 0.255 e. The molecule has 0 radical (unpaired) electrons. The standard InChI is InChI=1S/C6H9N3OS/c1-9-5(3-11)8-4(7)2-6(9)10/h2,11H,3,7H2,1H3. The lowest BCUT2D eigenvalue weighted by atomic mass is 10.5. The Balaban J connectivity index is 3.36. The van der Waals surface area contributed by atoms with Gasteiger partial charge in [-0.2, -0.15) is 12.6 Å². The molecule has 5 heteroatoms. The van der Waals surface area contributed by atoms with Crippen molar-refractivity contribution in [1.82, 2.24) is 9.55 Å². The Morgan fingerprint density at radius 3 is 3.00 bits per heavy atom. The molecule has 2 N–H and O–H groups in total. The number of nitrogens with zero attached hydrogens (tertiary/aromatic N) is 2. The maximum atomic E-state index is 11.0. The van der Waals surface area contributed by atoms with Gasteiger partial charge in [0.25, 0.3) is 5.56 Å². The molecule has 0 amide bonds. The van der Waals surface area contributed by atoms with E-state index in [0.29, 0.717) is 11.6 Å². The van der Waals surface area contributed by atoms with Crippen molar-refractivity contribution in [2.24, 2.45) is 7.05 Å². The van der Waals surface area contributed by atoms with Gasteiger partial charge in [0, 0.05) is 18.9 Å². The quantitative estimate of drug-likeness (QED) is 0.575. The van der Waals surface area contributed by atoms with Crippen LogP contribution in [0.25, 0.3) is 0 Å². The SMILES string of the molecule is Cn1c(CS)nc(N)cc1=O. The number of aromatic nitrogens is 2. The molecule has 0 aliphatic heterocycles. The first kappa shape index (κ1) is 8.13. The zero-order valence-electron chi connectivity index (χ0n) is 6.11. The predicted octanol–water partition coefficient (Wildman–Crippen LogP) is -0.208. The second-order valence-corrected chi connectivity index (χ2v) is 2.47. The first-order chi connectivity index (χ1) is 5.15. The number of hydrogen-bond donors (Lipinski definition) is 2. The molecule has 11 heavy (non-hydrogen) atoms. The van der Waals surface area contributed by atoms with Crippen LogP contribution in [0.5, 0.6) is 0 Å². The summed E-state index contributed by atoms with van der Waals surface area (Å²) in [7, 11) is 1.64. The van der Waals surface area contributed by atoms with Crippen LogP contribution in [0.1, 0.15) is 5.82 Å². The van der Waals surface area contributed by atoms with Gasteiger partial charge in [-0.15, -0.1) is 0 Å². The zero-order valence-corrected chi connectivity index (χ0v) is 7.01. The molecule has 0 spiro atoms. The lowest BCUT2D eigenvalue weighted by molar-refractivity contribution is 0.772. The Morgan fingerprint density at radius 1 is 1.82 bits per heavy atom. The van der Waals surface area contributed by atoms with Crippen LogP contribution < -0.4 is 11.3 Å². The number of rotatable bonds is 1. The molecule has 0 aliphatic rings. The first-order valence-corrected chi connectivity index (χ1v) is 3.71. The monoisotopic (exact) mass is 171 g/mol. The van der Waals surface area contributed by atoms with Crippen LogP contribution in [0, 0.1) is 0 Å². The van der Waals surface area contributed by atoms with Crippen molar-refractivity contribution < 1.29 is 0 Å². The van der Waals surface area contributed by atoms with E-state index in [-0.39, 0.29) is 11.4 Å². The molecule has 60 valence electrons. The summed E-state index contributed by atoms with van der Waals surface area (Å²) in [5.74, 6) is 1.24. The Kier molecular flexibility index (Phi) is 2.19. The van der Waals surface area contributed by atoms with Crippen LogP contribution in [0.4, 0.5) is 5.82 Å². The van der Waals surface area contributed by atoms with Crippen molar-refractivity contribution in [3.05, 3.63) is 22.2 Å². The van der Waals surface area contributed by atoms with E-state index < -0.39 is 0 Å². The molecule has 0 saturated heterocycles. The van der Waals surface area contributed by atoms with Gasteiger partial charge in [-0.1, -0.05) is 0 Å². The van der Waals surface area contributed by atoms with Crippen molar-refractivity contribution in [1.29, 1.82) is 0 Å². The summed E-state index contributed by atoms with van der Waals surface area (Å²) in [5.41, 5.74) is 5.19. The maximum absolute atomic E-state index is 11.0. The average molecular weight is 171 g/mol. The highest BCUT2D eigenvalue weighted by Crippen LogP contribution is 1.97. The predicted molar refractivity (Wildman–Crippen MR) is 46.6 cm³/mol. The fourth-order valence-electron chi connectivity index (χ4n) is 0.748. The van der Waals surface area contributed by atoms with Crippen LogP contribution in [-0.2, 0) is 12.8 Å². The number of nitrogens with two attached hydrogens (primary N) is 1.